The minimum Gasteiger partial charge on any atom is -0.481 e. The highest BCUT2D eigenvalue weighted by Gasteiger charge is 2.22. The van der Waals surface area contributed by atoms with Crippen LogP contribution in [0.4, 0.5) is 4.79 Å². The molecule has 2 aromatic rings. The van der Waals surface area contributed by atoms with E-state index in [4.69, 9.17) is 14.6 Å². The Morgan fingerprint density at radius 3 is 2.12 bits per heavy atom. The fourth-order valence-electron chi connectivity index (χ4n) is 2.27. The van der Waals surface area contributed by atoms with E-state index in [0.717, 1.165) is 0 Å². The number of ether oxygens (including phenoxy) is 2. The lowest BCUT2D eigenvalue weighted by Crippen LogP contribution is -2.35. The first-order valence-electron chi connectivity index (χ1n) is 8.27. The van der Waals surface area contributed by atoms with Crippen molar-refractivity contribution >= 4 is 12.1 Å². The molecule has 0 saturated carbocycles. The normalized spacial score (nSPS) is 12.1. The molecular formula is C20H23NO5. The lowest BCUT2D eigenvalue weighted by molar-refractivity contribution is -0.137. The molecule has 2 rings (SSSR count). The van der Waals surface area contributed by atoms with E-state index in [1.165, 1.54) is 0 Å². The zero-order valence-electron chi connectivity index (χ0n) is 15.1. The third-order valence-electron chi connectivity index (χ3n) is 3.33. The number of carbonyl (C=O) groups excluding carboxylic acids is 1. The van der Waals surface area contributed by atoms with E-state index in [1.54, 1.807) is 45.0 Å². The Morgan fingerprint density at radius 1 is 1.00 bits per heavy atom. The van der Waals surface area contributed by atoms with E-state index in [-0.39, 0.29) is 6.42 Å². The molecule has 0 aliphatic heterocycles. The number of aliphatic carboxylic acids is 1. The maximum absolute atomic E-state index is 12.0. The van der Waals surface area contributed by atoms with E-state index in [0.29, 0.717) is 17.1 Å². The molecule has 0 aromatic heterocycles. The van der Waals surface area contributed by atoms with Crippen LogP contribution in [-0.4, -0.2) is 22.8 Å². The largest absolute Gasteiger partial charge is 0.481 e. The Labute approximate surface area is 152 Å². The van der Waals surface area contributed by atoms with E-state index < -0.39 is 23.7 Å². The molecule has 0 bridgehead atoms. The van der Waals surface area contributed by atoms with Crippen LogP contribution in [-0.2, 0) is 9.53 Å². The van der Waals surface area contributed by atoms with Gasteiger partial charge < -0.3 is 19.9 Å². The number of rotatable bonds is 6. The minimum atomic E-state index is -1.02. The van der Waals surface area contributed by atoms with Crippen LogP contribution in [0, 0.1) is 0 Å². The topological polar surface area (TPSA) is 84.9 Å². The molecule has 1 amide bonds. The fraction of sp³-hybridized carbons (Fsp3) is 0.300. The molecule has 0 aliphatic rings. The highest BCUT2D eigenvalue weighted by Crippen LogP contribution is 2.25. The number of nitrogens with one attached hydrogen (secondary N) is 1. The maximum Gasteiger partial charge on any atom is 0.408 e. The monoisotopic (exact) mass is 357 g/mol. The molecule has 0 heterocycles. The van der Waals surface area contributed by atoms with Crippen molar-refractivity contribution in [3.05, 3.63) is 60.2 Å². The molecule has 0 unspecified atom stereocenters. The highest BCUT2D eigenvalue weighted by molar-refractivity contribution is 5.72. The summed E-state index contributed by atoms with van der Waals surface area (Å²) >= 11 is 0. The third kappa shape index (κ3) is 6.47. The molecule has 0 spiro atoms. The fourth-order valence-corrected chi connectivity index (χ4v) is 2.27. The number of hydrogen-bond acceptors (Lipinski definition) is 4. The van der Waals surface area contributed by atoms with Gasteiger partial charge >= 0.3 is 12.1 Å². The van der Waals surface area contributed by atoms with Crippen molar-refractivity contribution in [2.45, 2.75) is 38.8 Å². The van der Waals surface area contributed by atoms with Gasteiger partial charge in [0.25, 0.3) is 0 Å². The molecule has 26 heavy (non-hydrogen) atoms. The summed E-state index contributed by atoms with van der Waals surface area (Å²) in [5.74, 6) is 0.302. The summed E-state index contributed by atoms with van der Waals surface area (Å²) in [5, 5.41) is 11.7. The van der Waals surface area contributed by atoms with Gasteiger partial charge in [-0.3, -0.25) is 4.79 Å². The molecule has 138 valence electrons. The molecule has 0 aliphatic carbocycles. The highest BCUT2D eigenvalue weighted by atomic mass is 16.6. The van der Waals surface area contributed by atoms with Gasteiger partial charge in [-0.2, -0.15) is 0 Å². The first-order valence-corrected chi connectivity index (χ1v) is 8.27. The van der Waals surface area contributed by atoms with Crippen LogP contribution in [0.25, 0.3) is 0 Å². The zero-order chi connectivity index (χ0) is 19.2. The smallest absolute Gasteiger partial charge is 0.408 e. The summed E-state index contributed by atoms with van der Waals surface area (Å²) in [5.41, 5.74) is -0.00992. The van der Waals surface area contributed by atoms with Gasteiger partial charge in [-0.15, -0.1) is 0 Å². The first kappa shape index (κ1) is 19.3. The lowest BCUT2D eigenvalue weighted by atomic mass is 10.0. The molecule has 6 heteroatoms. The molecule has 1 atom stereocenters. The second-order valence-corrected chi connectivity index (χ2v) is 6.78. The summed E-state index contributed by atoms with van der Waals surface area (Å²) in [6.07, 6.45) is -0.911. The van der Waals surface area contributed by atoms with Crippen LogP contribution < -0.4 is 10.1 Å². The SMILES string of the molecule is CC(C)(C)OC(=O)N[C@H](CC(=O)O)c1ccc(Oc2ccccc2)cc1. The Balaban J connectivity index is 2.09. The Hall–Kier alpha value is -3.02. The average molecular weight is 357 g/mol. The van der Waals surface area contributed by atoms with Crippen LogP contribution in [0.1, 0.15) is 38.8 Å². The van der Waals surface area contributed by atoms with E-state index in [1.807, 2.05) is 30.3 Å². The number of carboxylic acid groups (broad SMARTS) is 1. The summed E-state index contributed by atoms with van der Waals surface area (Å²) in [7, 11) is 0. The molecule has 0 fully saturated rings. The Morgan fingerprint density at radius 2 is 1.58 bits per heavy atom. The predicted molar refractivity (Wildman–Crippen MR) is 97.3 cm³/mol. The van der Waals surface area contributed by atoms with E-state index >= 15 is 0 Å². The van der Waals surface area contributed by atoms with Crippen molar-refractivity contribution in [2.24, 2.45) is 0 Å². The van der Waals surface area contributed by atoms with E-state index in [2.05, 4.69) is 5.32 Å². The summed E-state index contributed by atoms with van der Waals surface area (Å²) in [6.45, 7) is 5.23. The molecule has 6 nitrogen and oxygen atoms in total. The van der Waals surface area contributed by atoms with Crippen molar-refractivity contribution in [1.29, 1.82) is 0 Å². The molecular weight excluding hydrogens is 334 g/mol. The first-order chi connectivity index (χ1) is 12.2. The van der Waals surface area contributed by atoms with Gasteiger partial charge in [-0.1, -0.05) is 30.3 Å². The predicted octanol–water partition coefficient (Wildman–Crippen LogP) is 4.52. The maximum atomic E-state index is 12.0. The van der Waals surface area contributed by atoms with Gasteiger partial charge in [-0.05, 0) is 50.6 Å². The Bertz CT molecular complexity index is 735. The number of benzene rings is 2. The number of carbonyl (C=O) groups is 2. The van der Waals surface area contributed by atoms with Crippen LogP contribution in [0.5, 0.6) is 11.5 Å². The van der Waals surface area contributed by atoms with E-state index in [9.17, 15) is 9.59 Å². The zero-order valence-corrected chi connectivity index (χ0v) is 15.1. The average Bonchev–Trinajstić information content (AvgIpc) is 2.54. The summed E-state index contributed by atoms with van der Waals surface area (Å²) < 4.78 is 10.9. The van der Waals surface area contributed by atoms with Crippen LogP contribution in [0.3, 0.4) is 0 Å². The standard InChI is InChI=1S/C20H23NO5/c1-20(2,3)26-19(24)21-17(13-18(22)23)14-9-11-16(12-10-14)25-15-7-5-4-6-8-15/h4-12,17H,13H2,1-3H3,(H,21,24)(H,22,23)/t17-/m1/s1. The Kier molecular flexibility index (Phi) is 6.22. The number of hydrogen-bond donors (Lipinski definition) is 2. The van der Waals surface area contributed by atoms with Gasteiger partial charge in [-0.25, -0.2) is 4.79 Å². The van der Waals surface area contributed by atoms with Gasteiger partial charge in [0.1, 0.15) is 17.1 Å². The number of alkyl carbamates (subject to hydrolysis) is 1. The molecule has 0 saturated heterocycles. The molecule has 2 aromatic carbocycles. The van der Waals surface area contributed by atoms with Crippen molar-refractivity contribution in [2.75, 3.05) is 0 Å². The second-order valence-electron chi connectivity index (χ2n) is 6.78. The molecule has 0 radical (unpaired) electrons. The van der Waals surface area contributed by atoms with Gasteiger partial charge in [0, 0.05) is 0 Å². The van der Waals surface area contributed by atoms with Crippen LogP contribution in [0.2, 0.25) is 0 Å². The van der Waals surface area contributed by atoms with Crippen molar-refractivity contribution in [1.82, 2.24) is 5.32 Å². The minimum absolute atomic E-state index is 0.252. The second kappa shape index (κ2) is 8.38. The summed E-state index contributed by atoms with van der Waals surface area (Å²) in [6, 6.07) is 15.5. The third-order valence-corrected chi connectivity index (χ3v) is 3.33. The number of para-hydroxylation sites is 1. The van der Waals surface area contributed by atoms with Gasteiger partial charge in [0.15, 0.2) is 0 Å². The number of amides is 1. The van der Waals surface area contributed by atoms with Crippen LogP contribution >= 0.6 is 0 Å². The lowest BCUT2D eigenvalue weighted by Gasteiger charge is -2.23. The summed E-state index contributed by atoms with van der Waals surface area (Å²) in [4.78, 5) is 23.1. The number of carboxylic acids is 1. The molecule has 2 N–H and O–H groups in total. The van der Waals surface area contributed by atoms with Gasteiger partial charge in [0.2, 0.25) is 0 Å². The quantitative estimate of drug-likeness (QED) is 0.794. The van der Waals surface area contributed by atoms with Crippen molar-refractivity contribution in [3.8, 4) is 11.5 Å². The van der Waals surface area contributed by atoms with Crippen LogP contribution in [0.15, 0.2) is 54.6 Å². The van der Waals surface area contributed by atoms with Gasteiger partial charge in [0.05, 0.1) is 12.5 Å². The van der Waals surface area contributed by atoms with Crippen molar-refractivity contribution < 1.29 is 24.2 Å². The van der Waals surface area contributed by atoms with Crippen molar-refractivity contribution in [3.63, 3.8) is 0 Å².